The molecule has 4 rings (SSSR count). The molecule has 0 atom stereocenters. The molecular formula is C29H26F4N2O. The van der Waals surface area contributed by atoms with Crippen molar-refractivity contribution in [2.24, 2.45) is 0 Å². The number of ether oxygens (including phenoxy) is 1. The van der Waals surface area contributed by atoms with E-state index in [2.05, 4.69) is 9.97 Å². The third-order valence-electron chi connectivity index (χ3n) is 6.00. The topological polar surface area (TPSA) is 35.0 Å². The summed E-state index contributed by atoms with van der Waals surface area (Å²) in [5, 5.41) is 0. The largest absolute Gasteiger partial charge is 0.490 e. The van der Waals surface area contributed by atoms with Crippen LogP contribution in [0.4, 0.5) is 17.6 Å². The molecule has 0 N–H and O–H groups in total. The fourth-order valence-electron chi connectivity index (χ4n) is 3.86. The Balaban J connectivity index is 1.45. The Morgan fingerprint density at radius 2 is 1.33 bits per heavy atom. The van der Waals surface area contributed by atoms with Gasteiger partial charge in [-0.2, -0.15) is 4.39 Å². The minimum atomic E-state index is -1.01. The van der Waals surface area contributed by atoms with Crippen molar-refractivity contribution in [3.05, 3.63) is 101 Å². The second-order valence-electron chi connectivity index (χ2n) is 8.56. The Hall–Kier alpha value is -3.74. The maximum Gasteiger partial charge on any atom is 0.201 e. The number of aromatic nitrogens is 2. The van der Waals surface area contributed by atoms with Crippen molar-refractivity contribution in [3.8, 4) is 28.0 Å². The molecule has 186 valence electrons. The van der Waals surface area contributed by atoms with E-state index < -0.39 is 23.3 Å². The van der Waals surface area contributed by atoms with Crippen molar-refractivity contribution >= 4 is 0 Å². The van der Waals surface area contributed by atoms with E-state index in [4.69, 9.17) is 4.74 Å². The van der Waals surface area contributed by atoms with Gasteiger partial charge in [0, 0.05) is 29.1 Å². The first-order chi connectivity index (χ1) is 17.4. The molecule has 4 aromatic rings. The van der Waals surface area contributed by atoms with Gasteiger partial charge < -0.3 is 4.74 Å². The van der Waals surface area contributed by atoms with Crippen molar-refractivity contribution in [1.29, 1.82) is 0 Å². The highest BCUT2D eigenvalue weighted by Gasteiger charge is 2.17. The molecular weight excluding hydrogens is 468 g/mol. The van der Waals surface area contributed by atoms with Crippen molar-refractivity contribution in [2.45, 2.75) is 39.5 Å². The number of hydrogen-bond donors (Lipinski definition) is 0. The summed E-state index contributed by atoms with van der Waals surface area (Å²) in [6.07, 6.45) is 5.30. The summed E-state index contributed by atoms with van der Waals surface area (Å²) < 4.78 is 63.8. The number of hydrogen-bond acceptors (Lipinski definition) is 3. The average Bonchev–Trinajstić information content (AvgIpc) is 2.89. The lowest BCUT2D eigenvalue weighted by molar-refractivity contribution is 0.289. The zero-order valence-corrected chi connectivity index (χ0v) is 20.1. The lowest BCUT2D eigenvalue weighted by Gasteiger charge is -2.11. The van der Waals surface area contributed by atoms with Gasteiger partial charge in [-0.1, -0.05) is 49.7 Å². The monoisotopic (exact) mass is 494 g/mol. The Kier molecular flexibility index (Phi) is 7.98. The van der Waals surface area contributed by atoms with Crippen molar-refractivity contribution in [2.75, 3.05) is 6.61 Å². The Morgan fingerprint density at radius 1 is 0.694 bits per heavy atom. The van der Waals surface area contributed by atoms with Crippen LogP contribution in [0.5, 0.6) is 5.75 Å². The number of halogens is 4. The molecule has 0 saturated heterocycles. The van der Waals surface area contributed by atoms with E-state index >= 15 is 0 Å². The van der Waals surface area contributed by atoms with Gasteiger partial charge >= 0.3 is 0 Å². The Bertz CT molecular complexity index is 1340. The third kappa shape index (κ3) is 5.56. The smallest absolute Gasteiger partial charge is 0.201 e. The van der Waals surface area contributed by atoms with Crippen molar-refractivity contribution in [3.63, 3.8) is 0 Å². The van der Waals surface area contributed by atoms with Crippen LogP contribution >= 0.6 is 0 Å². The van der Waals surface area contributed by atoms with Crippen LogP contribution in [0.25, 0.3) is 22.3 Å². The molecule has 0 aliphatic heterocycles. The fraction of sp³-hybridized carbons (Fsp3) is 0.241. The molecule has 0 unspecified atom stereocenters. The van der Waals surface area contributed by atoms with Gasteiger partial charge in [0.1, 0.15) is 5.82 Å². The normalized spacial score (nSPS) is 11.1. The van der Waals surface area contributed by atoms with E-state index in [0.29, 0.717) is 30.0 Å². The van der Waals surface area contributed by atoms with E-state index in [-0.39, 0.29) is 28.9 Å². The van der Waals surface area contributed by atoms with E-state index in [9.17, 15) is 17.6 Å². The molecule has 3 nitrogen and oxygen atoms in total. The molecule has 0 radical (unpaired) electrons. The second-order valence-corrected chi connectivity index (χ2v) is 8.56. The minimum absolute atomic E-state index is 0.100. The quantitative estimate of drug-likeness (QED) is 0.177. The predicted molar refractivity (Wildman–Crippen MR) is 132 cm³/mol. The standard InChI is InChI=1S/C29H26F4N2O/c1-3-4-15-36-25-14-13-23(28(32)29(25)33)20-8-5-19(6-9-20)7-10-21-11-12-24(27(31)26(21)30)22-16-34-18(2)35-17-22/h5-6,8-9,11-14,16-17H,3-4,7,10,15H2,1-2H3. The Morgan fingerprint density at radius 3 is 2.03 bits per heavy atom. The summed E-state index contributed by atoms with van der Waals surface area (Å²) in [6, 6.07) is 12.9. The van der Waals surface area contributed by atoms with Gasteiger partial charge in [-0.3, -0.25) is 0 Å². The van der Waals surface area contributed by atoms with Crippen LogP contribution < -0.4 is 4.74 Å². The highest BCUT2D eigenvalue weighted by molar-refractivity contribution is 5.66. The highest BCUT2D eigenvalue weighted by atomic mass is 19.2. The van der Waals surface area contributed by atoms with Gasteiger partial charge in [-0.25, -0.2) is 23.1 Å². The summed E-state index contributed by atoms with van der Waals surface area (Å²) in [5.74, 6) is -3.36. The minimum Gasteiger partial charge on any atom is -0.490 e. The first-order valence-corrected chi connectivity index (χ1v) is 11.8. The molecule has 0 amide bonds. The molecule has 0 aliphatic rings. The number of aryl methyl sites for hydroxylation is 3. The van der Waals surface area contributed by atoms with Crippen LogP contribution in [0.2, 0.25) is 0 Å². The van der Waals surface area contributed by atoms with Crippen molar-refractivity contribution < 1.29 is 22.3 Å². The summed E-state index contributed by atoms with van der Waals surface area (Å²) >= 11 is 0. The maximum atomic E-state index is 14.7. The van der Waals surface area contributed by atoms with Crippen LogP contribution in [-0.4, -0.2) is 16.6 Å². The summed E-state index contributed by atoms with van der Waals surface area (Å²) in [4.78, 5) is 8.06. The number of rotatable bonds is 9. The van der Waals surface area contributed by atoms with E-state index in [1.54, 1.807) is 37.3 Å². The molecule has 1 heterocycles. The van der Waals surface area contributed by atoms with Crippen molar-refractivity contribution in [1.82, 2.24) is 9.97 Å². The maximum absolute atomic E-state index is 14.7. The summed E-state index contributed by atoms with van der Waals surface area (Å²) in [5.41, 5.74) is 2.26. The third-order valence-corrected chi connectivity index (χ3v) is 6.00. The first-order valence-electron chi connectivity index (χ1n) is 11.8. The van der Waals surface area contributed by atoms with Crippen LogP contribution in [0.1, 0.15) is 36.7 Å². The van der Waals surface area contributed by atoms with Crippen LogP contribution in [0.3, 0.4) is 0 Å². The van der Waals surface area contributed by atoms with Gasteiger partial charge in [0.2, 0.25) is 5.82 Å². The van der Waals surface area contributed by atoms with Gasteiger partial charge in [-0.15, -0.1) is 0 Å². The summed E-state index contributed by atoms with van der Waals surface area (Å²) in [6.45, 7) is 4.03. The summed E-state index contributed by atoms with van der Waals surface area (Å²) in [7, 11) is 0. The predicted octanol–water partition coefficient (Wildman–Crippen LogP) is 7.64. The van der Waals surface area contributed by atoms with Crippen LogP contribution in [-0.2, 0) is 12.8 Å². The SMILES string of the molecule is CCCCOc1ccc(-c2ccc(CCc3ccc(-c4cnc(C)nc4)c(F)c3F)cc2)c(F)c1F. The molecule has 0 bridgehead atoms. The molecule has 3 aromatic carbocycles. The number of unbranched alkanes of at least 4 members (excludes halogenated alkanes) is 1. The highest BCUT2D eigenvalue weighted by Crippen LogP contribution is 2.31. The molecule has 0 fully saturated rings. The van der Waals surface area contributed by atoms with Crippen LogP contribution in [0, 0.1) is 30.2 Å². The number of benzene rings is 3. The molecule has 36 heavy (non-hydrogen) atoms. The van der Waals surface area contributed by atoms with Gasteiger partial charge in [-0.05, 0) is 55.0 Å². The zero-order chi connectivity index (χ0) is 25.7. The van der Waals surface area contributed by atoms with E-state index in [0.717, 1.165) is 18.4 Å². The lowest BCUT2D eigenvalue weighted by Crippen LogP contribution is -2.01. The molecule has 1 aromatic heterocycles. The second kappa shape index (κ2) is 11.3. The molecule has 0 saturated carbocycles. The average molecular weight is 495 g/mol. The van der Waals surface area contributed by atoms with Gasteiger partial charge in [0.25, 0.3) is 0 Å². The zero-order valence-electron chi connectivity index (χ0n) is 20.1. The van der Waals surface area contributed by atoms with E-state index in [1.165, 1.54) is 30.6 Å². The molecule has 7 heteroatoms. The molecule has 0 aliphatic carbocycles. The lowest BCUT2D eigenvalue weighted by atomic mass is 9.98. The fourth-order valence-corrected chi connectivity index (χ4v) is 3.86. The number of nitrogens with zero attached hydrogens (tertiary/aromatic N) is 2. The van der Waals surface area contributed by atoms with Gasteiger partial charge in [0.15, 0.2) is 23.2 Å². The molecule has 0 spiro atoms. The Labute approximate surface area is 207 Å². The van der Waals surface area contributed by atoms with Gasteiger partial charge in [0.05, 0.1) is 6.61 Å². The van der Waals surface area contributed by atoms with Crippen LogP contribution in [0.15, 0.2) is 60.9 Å². The van der Waals surface area contributed by atoms with E-state index in [1.807, 2.05) is 6.92 Å². The first kappa shape index (κ1) is 25.4.